The first-order chi connectivity index (χ1) is 7.15. The molecule has 2 unspecified atom stereocenters. The summed E-state index contributed by atoms with van der Waals surface area (Å²) in [6, 6.07) is 3.67. The lowest BCUT2D eigenvalue weighted by Crippen LogP contribution is -2.45. The first-order valence-corrected chi connectivity index (χ1v) is 5.23. The van der Waals surface area contributed by atoms with Gasteiger partial charge < -0.3 is 9.64 Å². The molecule has 4 heteroatoms. The third kappa shape index (κ3) is 2.39. The summed E-state index contributed by atoms with van der Waals surface area (Å²) < 4.78 is 5.66. The van der Waals surface area contributed by atoms with Crippen molar-refractivity contribution in [1.29, 1.82) is 0 Å². The zero-order valence-corrected chi connectivity index (χ0v) is 9.10. The van der Waals surface area contributed by atoms with E-state index < -0.39 is 0 Å². The Hall–Kier alpha value is -1.29. The monoisotopic (exact) mass is 206 g/mol. The van der Waals surface area contributed by atoms with Crippen molar-refractivity contribution >= 4 is 11.5 Å². The largest absolute Gasteiger partial charge is 0.372 e. The van der Waals surface area contributed by atoms with Crippen molar-refractivity contribution < 1.29 is 4.74 Å². The number of rotatable bonds is 1. The molecule has 15 heavy (non-hydrogen) atoms. The summed E-state index contributed by atoms with van der Waals surface area (Å²) in [6.07, 6.45) is 2.07. The van der Waals surface area contributed by atoms with Crippen LogP contribution in [0.25, 0.3) is 0 Å². The molecule has 2 rings (SSSR count). The lowest BCUT2D eigenvalue weighted by Gasteiger charge is -2.36. The van der Waals surface area contributed by atoms with Gasteiger partial charge in [0.25, 0.3) is 0 Å². The van der Waals surface area contributed by atoms with Crippen LogP contribution in [0.15, 0.2) is 18.3 Å². The molecule has 2 heterocycles. The van der Waals surface area contributed by atoms with E-state index in [2.05, 4.69) is 23.7 Å². The molecule has 1 saturated heterocycles. The average Bonchev–Trinajstić information content (AvgIpc) is 2.17. The highest BCUT2D eigenvalue weighted by atomic mass is 16.5. The number of nitrogens with zero attached hydrogens (tertiary/aromatic N) is 2. The summed E-state index contributed by atoms with van der Waals surface area (Å²) in [7, 11) is 0. The predicted molar refractivity (Wildman–Crippen MR) is 59.2 cm³/mol. The van der Waals surface area contributed by atoms with Crippen LogP contribution in [-0.2, 0) is 4.74 Å². The molecule has 1 aliphatic rings. The van der Waals surface area contributed by atoms with Crippen LogP contribution in [0.2, 0.25) is 0 Å². The Morgan fingerprint density at radius 2 is 2.00 bits per heavy atom. The average molecular weight is 206 g/mol. The summed E-state index contributed by atoms with van der Waals surface area (Å²) in [5, 5.41) is 0. The van der Waals surface area contributed by atoms with Crippen LogP contribution in [-0.4, -0.2) is 30.3 Å². The number of hydrogen-bond donors (Lipinski definition) is 0. The fourth-order valence-electron chi connectivity index (χ4n) is 1.94. The molecule has 0 bridgehead atoms. The summed E-state index contributed by atoms with van der Waals surface area (Å²) in [5.74, 6) is 0.938. The van der Waals surface area contributed by atoms with Crippen molar-refractivity contribution in [1.82, 2.24) is 10.7 Å². The van der Waals surface area contributed by atoms with E-state index in [4.69, 9.17) is 10.5 Å². The number of anilines is 1. The molecule has 0 amide bonds. The smallest absolute Gasteiger partial charge is 0.128 e. The highest BCUT2D eigenvalue weighted by Crippen LogP contribution is 2.18. The van der Waals surface area contributed by atoms with Gasteiger partial charge in [0.1, 0.15) is 5.82 Å². The molecule has 4 nitrogen and oxygen atoms in total. The van der Waals surface area contributed by atoms with Crippen molar-refractivity contribution in [3.05, 3.63) is 18.3 Å². The molecular weight excluding hydrogens is 190 g/mol. The molecule has 0 saturated carbocycles. The zero-order valence-electron chi connectivity index (χ0n) is 9.10. The molecule has 1 fully saturated rings. The SMILES string of the molecule is CC1CN(c2ccc([NH])cn2)CC(C)O1. The number of pyridine rings is 1. The van der Waals surface area contributed by atoms with E-state index in [1.165, 1.54) is 0 Å². The van der Waals surface area contributed by atoms with Crippen LogP contribution in [0.5, 0.6) is 0 Å². The minimum atomic E-state index is 0.242. The normalized spacial score (nSPS) is 26.7. The quantitative estimate of drug-likeness (QED) is 0.701. The Bertz CT molecular complexity index is 315. The van der Waals surface area contributed by atoms with Crippen LogP contribution in [0.1, 0.15) is 13.8 Å². The number of nitrogens with one attached hydrogen (secondary N) is 1. The lowest BCUT2D eigenvalue weighted by atomic mass is 10.2. The molecule has 81 valence electrons. The lowest BCUT2D eigenvalue weighted by molar-refractivity contribution is -0.00545. The van der Waals surface area contributed by atoms with E-state index in [9.17, 15) is 0 Å². The maximum absolute atomic E-state index is 7.38. The van der Waals surface area contributed by atoms with E-state index in [0.29, 0.717) is 5.69 Å². The maximum atomic E-state index is 7.38. The molecule has 1 radical (unpaired) electrons. The third-order valence-corrected chi connectivity index (χ3v) is 2.49. The van der Waals surface area contributed by atoms with Crippen molar-refractivity contribution in [2.75, 3.05) is 18.0 Å². The summed E-state index contributed by atoms with van der Waals surface area (Å²) in [4.78, 5) is 6.46. The second-order valence-electron chi connectivity index (χ2n) is 4.07. The van der Waals surface area contributed by atoms with Gasteiger partial charge in [-0.15, -0.1) is 0 Å². The molecule has 0 spiro atoms. The minimum absolute atomic E-state index is 0.242. The number of morpholine rings is 1. The van der Waals surface area contributed by atoms with Gasteiger partial charge in [-0.2, -0.15) is 0 Å². The van der Waals surface area contributed by atoms with Gasteiger partial charge in [-0.1, -0.05) is 0 Å². The predicted octanol–water partition coefficient (Wildman–Crippen LogP) is 1.61. The number of hydrogen-bond acceptors (Lipinski definition) is 3. The molecule has 1 aliphatic heterocycles. The Morgan fingerprint density at radius 3 is 2.53 bits per heavy atom. The molecular formula is C11H16N3O. The molecule has 1 aromatic rings. The number of ether oxygens (including phenoxy) is 1. The highest BCUT2D eigenvalue weighted by Gasteiger charge is 2.22. The van der Waals surface area contributed by atoms with Crippen LogP contribution in [0.3, 0.4) is 0 Å². The molecule has 2 atom stereocenters. The third-order valence-electron chi connectivity index (χ3n) is 2.49. The Balaban J connectivity index is 2.12. The van der Waals surface area contributed by atoms with Gasteiger partial charge in [-0.3, -0.25) is 5.73 Å². The standard InChI is InChI=1S/C11H16N3O/c1-8-6-14(7-9(2)15-8)11-4-3-10(12)5-13-11/h3-5,8-9,12H,6-7H2,1-2H3. The first-order valence-electron chi connectivity index (χ1n) is 5.23. The van der Waals surface area contributed by atoms with Gasteiger partial charge in [-0.05, 0) is 26.0 Å². The molecule has 0 aliphatic carbocycles. The van der Waals surface area contributed by atoms with E-state index in [-0.39, 0.29) is 12.2 Å². The van der Waals surface area contributed by atoms with Crippen LogP contribution in [0, 0.1) is 0 Å². The Morgan fingerprint density at radius 1 is 1.33 bits per heavy atom. The van der Waals surface area contributed by atoms with E-state index in [0.717, 1.165) is 18.9 Å². The Kier molecular flexibility index (Phi) is 2.77. The maximum Gasteiger partial charge on any atom is 0.128 e. The van der Waals surface area contributed by atoms with Crippen LogP contribution >= 0.6 is 0 Å². The Labute approximate surface area is 90.0 Å². The van der Waals surface area contributed by atoms with Crippen molar-refractivity contribution in [2.45, 2.75) is 26.1 Å². The highest BCUT2D eigenvalue weighted by molar-refractivity contribution is 5.44. The first kappa shape index (κ1) is 10.2. The fraction of sp³-hybridized carbons (Fsp3) is 0.545. The molecule has 0 aromatic carbocycles. The zero-order chi connectivity index (χ0) is 10.8. The summed E-state index contributed by atoms with van der Waals surface area (Å²) in [5.41, 5.74) is 7.83. The van der Waals surface area contributed by atoms with Crippen LogP contribution < -0.4 is 10.6 Å². The number of aromatic nitrogens is 1. The van der Waals surface area contributed by atoms with Crippen molar-refractivity contribution in [3.8, 4) is 0 Å². The van der Waals surface area contributed by atoms with Crippen molar-refractivity contribution in [2.24, 2.45) is 0 Å². The van der Waals surface area contributed by atoms with E-state index in [1.54, 1.807) is 12.3 Å². The van der Waals surface area contributed by atoms with Gasteiger partial charge in [-0.25, -0.2) is 4.98 Å². The second kappa shape index (κ2) is 4.06. The van der Waals surface area contributed by atoms with E-state index in [1.807, 2.05) is 6.07 Å². The van der Waals surface area contributed by atoms with Gasteiger partial charge >= 0.3 is 0 Å². The van der Waals surface area contributed by atoms with Crippen LogP contribution in [0.4, 0.5) is 11.5 Å². The van der Waals surface area contributed by atoms with Gasteiger partial charge in [0.15, 0.2) is 0 Å². The van der Waals surface area contributed by atoms with Crippen molar-refractivity contribution in [3.63, 3.8) is 0 Å². The topological polar surface area (TPSA) is 49.2 Å². The minimum Gasteiger partial charge on any atom is -0.372 e. The van der Waals surface area contributed by atoms with Gasteiger partial charge in [0, 0.05) is 13.1 Å². The van der Waals surface area contributed by atoms with Gasteiger partial charge in [0.2, 0.25) is 0 Å². The fourth-order valence-corrected chi connectivity index (χ4v) is 1.94. The van der Waals surface area contributed by atoms with Gasteiger partial charge in [0.05, 0.1) is 24.1 Å². The van der Waals surface area contributed by atoms with E-state index >= 15 is 0 Å². The summed E-state index contributed by atoms with van der Waals surface area (Å²) >= 11 is 0. The summed E-state index contributed by atoms with van der Waals surface area (Å²) in [6.45, 7) is 5.88. The second-order valence-corrected chi connectivity index (χ2v) is 4.07. The molecule has 1 N–H and O–H groups in total. The molecule has 1 aromatic heterocycles.